The number of hydrogen-bond donors (Lipinski definition) is 2. The van der Waals surface area contributed by atoms with Crippen molar-refractivity contribution in [3.05, 3.63) is 29.3 Å². The molecule has 0 amide bonds. The van der Waals surface area contributed by atoms with Crippen molar-refractivity contribution in [1.29, 1.82) is 0 Å². The van der Waals surface area contributed by atoms with Crippen molar-refractivity contribution in [2.24, 2.45) is 0 Å². The molecule has 0 radical (unpaired) electrons. The van der Waals surface area contributed by atoms with E-state index in [0.29, 0.717) is 12.8 Å². The average molecular weight is 276 g/mol. The minimum Gasteiger partial charge on any atom is -0.487 e. The molecule has 0 spiro atoms. The molecule has 2 unspecified atom stereocenters. The summed E-state index contributed by atoms with van der Waals surface area (Å²) in [7, 11) is 0. The van der Waals surface area contributed by atoms with E-state index in [1.807, 2.05) is 0 Å². The summed E-state index contributed by atoms with van der Waals surface area (Å²) in [5, 5.41) is 18.5. The second-order valence-corrected chi connectivity index (χ2v) is 4.64. The van der Waals surface area contributed by atoms with Crippen molar-refractivity contribution in [3.8, 4) is 5.75 Å². The Bertz CT molecular complexity index is 445. The first kappa shape index (κ1) is 14.1. The Balaban J connectivity index is 2.28. The fourth-order valence-electron chi connectivity index (χ4n) is 2.21. The molecule has 1 aromatic rings. The second kappa shape index (κ2) is 5.38. The number of aliphatic hydroxyl groups excluding tert-OH is 2. The predicted octanol–water partition coefficient (Wildman–Crippen LogP) is 2.49. The standard InChI is InChI=1S/C13H15F3O3/c14-13(15,16)9-6-8(7-17)4-5-11(9)19-12-3-1-2-10(12)18/h4-6,10,12,17-18H,1-3,7H2. The van der Waals surface area contributed by atoms with Crippen LogP contribution in [0.5, 0.6) is 5.75 Å². The van der Waals surface area contributed by atoms with Crippen molar-refractivity contribution in [2.45, 2.75) is 44.3 Å². The molecule has 0 aliphatic heterocycles. The van der Waals surface area contributed by atoms with Gasteiger partial charge < -0.3 is 14.9 Å². The lowest BCUT2D eigenvalue weighted by molar-refractivity contribution is -0.139. The number of alkyl halides is 3. The molecule has 1 fully saturated rings. The Labute approximate surface area is 108 Å². The molecule has 2 rings (SSSR count). The Morgan fingerprint density at radius 2 is 2.00 bits per heavy atom. The number of benzene rings is 1. The van der Waals surface area contributed by atoms with Crippen LogP contribution in [0.4, 0.5) is 13.2 Å². The molecule has 0 aromatic heterocycles. The quantitative estimate of drug-likeness (QED) is 0.891. The third-order valence-electron chi connectivity index (χ3n) is 3.23. The van der Waals surface area contributed by atoms with Gasteiger partial charge >= 0.3 is 6.18 Å². The van der Waals surface area contributed by atoms with Crippen molar-refractivity contribution < 1.29 is 28.1 Å². The minimum absolute atomic E-state index is 0.173. The monoisotopic (exact) mass is 276 g/mol. The highest BCUT2D eigenvalue weighted by atomic mass is 19.4. The first-order valence-electron chi connectivity index (χ1n) is 6.07. The molecule has 19 heavy (non-hydrogen) atoms. The van der Waals surface area contributed by atoms with Crippen LogP contribution in [0, 0.1) is 0 Å². The van der Waals surface area contributed by atoms with Gasteiger partial charge in [0.15, 0.2) is 0 Å². The molecule has 1 saturated carbocycles. The zero-order chi connectivity index (χ0) is 14.0. The predicted molar refractivity (Wildman–Crippen MR) is 61.6 cm³/mol. The van der Waals surface area contributed by atoms with Gasteiger partial charge in [0.2, 0.25) is 0 Å². The summed E-state index contributed by atoms with van der Waals surface area (Å²) in [5.74, 6) is -0.296. The van der Waals surface area contributed by atoms with E-state index in [9.17, 15) is 18.3 Å². The Hall–Kier alpha value is -1.27. The topological polar surface area (TPSA) is 49.7 Å². The van der Waals surface area contributed by atoms with Gasteiger partial charge in [-0.05, 0) is 37.0 Å². The number of aliphatic hydroxyl groups is 2. The summed E-state index contributed by atoms with van der Waals surface area (Å²) in [6.07, 6.45) is -4.05. The van der Waals surface area contributed by atoms with Crippen LogP contribution in [0.3, 0.4) is 0 Å². The van der Waals surface area contributed by atoms with Crippen LogP contribution in [0.2, 0.25) is 0 Å². The second-order valence-electron chi connectivity index (χ2n) is 4.64. The first-order valence-corrected chi connectivity index (χ1v) is 6.07. The van der Waals surface area contributed by atoms with E-state index < -0.39 is 30.6 Å². The summed E-state index contributed by atoms with van der Waals surface area (Å²) < 4.78 is 44.0. The normalized spacial score (nSPS) is 23.6. The molecule has 0 heterocycles. The van der Waals surface area contributed by atoms with E-state index in [1.54, 1.807) is 0 Å². The molecule has 1 aliphatic rings. The molecule has 2 N–H and O–H groups in total. The molecule has 1 aromatic carbocycles. The maximum atomic E-state index is 12.9. The van der Waals surface area contributed by atoms with Gasteiger partial charge in [-0.15, -0.1) is 0 Å². The molecule has 0 saturated heterocycles. The molecular formula is C13H15F3O3. The van der Waals surface area contributed by atoms with E-state index >= 15 is 0 Å². The van der Waals surface area contributed by atoms with Crippen molar-refractivity contribution in [2.75, 3.05) is 0 Å². The number of halogens is 3. The molecule has 2 atom stereocenters. The number of rotatable bonds is 3. The van der Waals surface area contributed by atoms with Gasteiger partial charge in [-0.1, -0.05) is 6.07 Å². The van der Waals surface area contributed by atoms with Crippen LogP contribution in [0.1, 0.15) is 30.4 Å². The smallest absolute Gasteiger partial charge is 0.419 e. The van der Waals surface area contributed by atoms with Gasteiger partial charge in [0.25, 0.3) is 0 Å². The third-order valence-corrected chi connectivity index (χ3v) is 3.23. The fourth-order valence-corrected chi connectivity index (χ4v) is 2.21. The lowest BCUT2D eigenvalue weighted by Gasteiger charge is -2.21. The number of hydrogen-bond acceptors (Lipinski definition) is 3. The minimum atomic E-state index is -4.55. The van der Waals surface area contributed by atoms with Crippen LogP contribution < -0.4 is 4.74 Å². The van der Waals surface area contributed by atoms with Crippen LogP contribution in [0.15, 0.2) is 18.2 Å². The summed E-state index contributed by atoms with van der Waals surface area (Å²) in [6, 6.07) is 3.45. The summed E-state index contributed by atoms with van der Waals surface area (Å²) in [4.78, 5) is 0. The highest BCUT2D eigenvalue weighted by molar-refractivity contribution is 5.39. The molecular weight excluding hydrogens is 261 g/mol. The number of ether oxygens (including phenoxy) is 1. The fraction of sp³-hybridized carbons (Fsp3) is 0.538. The van der Waals surface area contributed by atoms with E-state index in [2.05, 4.69) is 0 Å². The third kappa shape index (κ3) is 3.19. The van der Waals surface area contributed by atoms with Gasteiger partial charge in [-0.2, -0.15) is 13.2 Å². The maximum absolute atomic E-state index is 12.9. The SMILES string of the molecule is OCc1ccc(OC2CCCC2O)c(C(F)(F)F)c1. The molecule has 106 valence electrons. The van der Waals surface area contributed by atoms with Crippen LogP contribution >= 0.6 is 0 Å². The van der Waals surface area contributed by atoms with Crippen LogP contribution in [-0.4, -0.2) is 22.4 Å². The van der Waals surface area contributed by atoms with Gasteiger partial charge in [0, 0.05) is 0 Å². The average Bonchev–Trinajstić information content (AvgIpc) is 2.74. The van der Waals surface area contributed by atoms with Gasteiger partial charge in [-0.3, -0.25) is 0 Å². The zero-order valence-corrected chi connectivity index (χ0v) is 10.2. The Morgan fingerprint density at radius 3 is 2.53 bits per heavy atom. The van der Waals surface area contributed by atoms with Crippen molar-refractivity contribution in [3.63, 3.8) is 0 Å². The van der Waals surface area contributed by atoms with Crippen LogP contribution in [0.25, 0.3) is 0 Å². The first-order chi connectivity index (χ1) is 8.91. The van der Waals surface area contributed by atoms with E-state index in [1.165, 1.54) is 12.1 Å². The highest BCUT2D eigenvalue weighted by Crippen LogP contribution is 2.38. The lowest BCUT2D eigenvalue weighted by Crippen LogP contribution is -2.26. The Kier molecular flexibility index (Phi) is 4.01. The van der Waals surface area contributed by atoms with Gasteiger partial charge in [0.1, 0.15) is 11.9 Å². The summed E-state index contributed by atoms with van der Waals surface area (Å²) in [5.41, 5.74) is -0.746. The Morgan fingerprint density at radius 1 is 1.26 bits per heavy atom. The van der Waals surface area contributed by atoms with E-state index in [-0.39, 0.29) is 11.3 Å². The summed E-state index contributed by atoms with van der Waals surface area (Å²) in [6.45, 7) is -0.463. The van der Waals surface area contributed by atoms with Crippen molar-refractivity contribution in [1.82, 2.24) is 0 Å². The largest absolute Gasteiger partial charge is 0.487 e. The van der Waals surface area contributed by atoms with E-state index in [0.717, 1.165) is 12.5 Å². The van der Waals surface area contributed by atoms with Gasteiger partial charge in [0.05, 0.1) is 18.3 Å². The van der Waals surface area contributed by atoms with E-state index in [4.69, 9.17) is 9.84 Å². The zero-order valence-electron chi connectivity index (χ0n) is 10.2. The highest BCUT2D eigenvalue weighted by Gasteiger charge is 2.36. The lowest BCUT2D eigenvalue weighted by atomic mass is 10.1. The van der Waals surface area contributed by atoms with Crippen LogP contribution in [-0.2, 0) is 12.8 Å². The molecule has 1 aliphatic carbocycles. The van der Waals surface area contributed by atoms with Gasteiger partial charge in [-0.25, -0.2) is 0 Å². The van der Waals surface area contributed by atoms with Crippen molar-refractivity contribution >= 4 is 0 Å². The molecule has 3 nitrogen and oxygen atoms in total. The molecule has 6 heteroatoms. The molecule has 0 bridgehead atoms. The maximum Gasteiger partial charge on any atom is 0.419 e. The summed E-state index contributed by atoms with van der Waals surface area (Å²) >= 11 is 0.